The van der Waals surface area contributed by atoms with Crippen molar-refractivity contribution in [3.63, 3.8) is 0 Å². The number of hydrogen-bond acceptors (Lipinski definition) is 3. The fraction of sp³-hybridized carbons (Fsp3) is 0.308. The van der Waals surface area contributed by atoms with Crippen molar-refractivity contribution in [2.45, 2.75) is 25.3 Å². The van der Waals surface area contributed by atoms with E-state index in [9.17, 15) is 14.4 Å². The van der Waals surface area contributed by atoms with E-state index >= 15 is 0 Å². The van der Waals surface area contributed by atoms with Crippen LogP contribution in [-0.4, -0.2) is 34.1 Å². The van der Waals surface area contributed by atoms with Crippen LogP contribution < -0.4 is 5.32 Å². The Bertz CT molecular complexity index is 517. The summed E-state index contributed by atoms with van der Waals surface area (Å²) in [5.74, 6) is -3.19. The summed E-state index contributed by atoms with van der Waals surface area (Å²) in [5.41, 5.74) is 0.773. The molecule has 0 bridgehead atoms. The number of halogens is 1. The molecule has 3 N–H and O–H groups in total. The summed E-state index contributed by atoms with van der Waals surface area (Å²) in [6, 6.07) is 5.58. The van der Waals surface area contributed by atoms with Gasteiger partial charge in [0, 0.05) is 11.4 Å². The van der Waals surface area contributed by atoms with Crippen LogP contribution in [0.1, 0.15) is 18.4 Å². The highest BCUT2D eigenvalue weighted by Crippen LogP contribution is 2.16. The van der Waals surface area contributed by atoms with Crippen molar-refractivity contribution in [1.82, 2.24) is 5.32 Å². The largest absolute Gasteiger partial charge is 0.481 e. The quantitative estimate of drug-likeness (QED) is 0.704. The number of amides is 1. The summed E-state index contributed by atoms with van der Waals surface area (Å²) in [6.07, 6.45) is -0.273. The molecule has 0 aliphatic heterocycles. The second-order valence-corrected chi connectivity index (χ2v) is 4.55. The fourth-order valence-electron chi connectivity index (χ4n) is 1.59. The second kappa shape index (κ2) is 7.49. The molecule has 1 atom stereocenters. The molecule has 0 radical (unpaired) electrons. The first kappa shape index (κ1) is 16.0. The van der Waals surface area contributed by atoms with E-state index in [1.807, 2.05) is 0 Å². The van der Waals surface area contributed by atoms with Crippen molar-refractivity contribution in [3.8, 4) is 0 Å². The van der Waals surface area contributed by atoms with Crippen LogP contribution >= 0.6 is 11.6 Å². The highest BCUT2D eigenvalue weighted by Gasteiger charge is 2.22. The van der Waals surface area contributed by atoms with Crippen LogP contribution in [0.5, 0.6) is 0 Å². The lowest BCUT2D eigenvalue weighted by Crippen LogP contribution is -2.42. The van der Waals surface area contributed by atoms with Gasteiger partial charge in [-0.15, -0.1) is 0 Å². The lowest BCUT2D eigenvalue weighted by atomic mass is 10.1. The van der Waals surface area contributed by atoms with Gasteiger partial charge in [-0.05, 0) is 18.1 Å². The molecule has 0 unspecified atom stereocenters. The highest BCUT2D eigenvalue weighted by atomic mass is 35.5. The first-order valence-electron chi connectivity index (χ1n) is 5.87. The van der Waals surface area contributed by atoms with E-state index in [2.05, 4.69) is 5.32 Å². The third-order valence-corrected chi connectivity index (χ3v) is 2.96. The van der Waals surface area contributed by atoms with Crippen molar-refractivity contribution in [3.05, 3.63) is 34.9 Å². The van der Waals surface area contributed by atoms with Crippen LogP contribution in [0.15, 0.2) is 24.3 Å². The predicted octanol–water partition coefficient (Wildman–Crippen LogP) is 1.32. The predicted molar refractivity (Wildman–Crippen MR) is 71.6 cm³/mol. The van der Waals surface area contributed by atoms with Crippen LogP contribution in [-0.2, 0) is 20.8 Å². The molecule has 0 aliphatic rings. The molecule has 0 fully saturated rings. The van der Waals surface area contributed by atoms with Gasteiger partial charge in [0.05, 0.1) is 6.42 Å². The molecule has 1 aromatic carbocycles. The zero-order valence-electron chi connectivity index (χ0n) is 10.5. The third kappa shape index (κ3) is 5.27. The molecule has 108 valence electrons. The Morgan fingerprint density at radius 2 is 1.85 bits per heavy atom. The van der Waals surface area contributed by atoms with E-state index in [-0.39, 0.29) is 6.42 Å². The summed E-state index contributed by atoms with van der Waals surface area (Å²) in [7, 11) is 0. The lowest BCUT2D eigenvalue weighted by Gasteiger charge is -2.12. The summed E-state index contributed by atoms with van der Waals surface area (Å²) >= 11 is 5.93. The maximum atomic E-state index is 11.6. The van der Waals surface area contributed by atoms with Crippen molar-refractivity contribution < 1.29 is 24.6 Å². The maximum Gasteiger partial charge on any atom is 0.326 e. The van der Waals surface area contributed by atoms with E-state index < -0.39 is 30.3 Å². The minimum Gasteiger partial charge on any atom is -0.481 e. The molecule has 7 heteroatoms. The average molecular weight is 300 g/mol. The van der Waals surface area contributed by atoms with Gasteiger partial charge in [0.15, 0.2) is 0 Å². The molecule has 1 rings (SSSR count). The van der Waals surface area contributed by atoms with Crippen LogP contribution in [0.2, 0.25) is 5.02 Å². The molecule has 0 aliphatic carbocycles. The molecule has 1 aromatic rings. The fourth-order valence-corrected chi connectivity index (χ4v) is 1.82. The minimum atomic E-state index is -1.42. The van der Waals surface area contributed by atoms with Gasteiger partial charge in [-0.3, -0.25) is 9.59 Å². The lowest BCUT2D eigenvalue weighted by molar-refractivity contribution is -0.147. The zero-order chi connectivity index (χ0) is 15.1. The van der Waals surface area contributed by atoms with E-state index in [1.165, 1.54) is 0 Å². The van der Waals surface area contributed by atoms with E-state index in [0.29, 0.717) is 11.4 Å². The van der Waals surface area contributed by atoms with E-state index in [0.717, 1.165) is 5.56 Å². The molecule has 1 amide bonds. The SMILES string of the molecule is O=C(O)C[C@@H](NC(=O)CCc1ccccc1Cl)C(=O)O. The molecule has 0 saturated carbocycles. The smallest absolute Gasteiger partial charge is 0.326 e. The number of carboxylic acid groups (broad SMARTS) is 2. The standard InChI is InChI=1S/C13H14ClNO5/c14-9-4-2-1-3-8(9)5-6-11(16)15-10(13(19)20)7-12(17)18/h1-4,10H,5-7H2,(H,15,16)(H,17,18)(H,19,20)/t10-/m1/s1. The molecule has 0 heterocycles. The first-order valence-corrected chi connectivity index (χ1v) is 6.25. The third-order valence-electron chi connectivity index (χ3n) is 2.59. The van der Waals surface area contributed by atoms with Gasteiger partial charge in [0.2, 0.25) is 5.91 Å². The number of benzene rings is 1. The van der Waals surface area contributed by atoms with Crippen molar-refractivity contribution in [2.75, 3.05) is 0 Å². The molecule has 0 saturated heterocycles. The summed E-state index contributed by atoms with van der Waals surface area (Å²) in [6.45, 7) is 0. The van der Waals surface area contributed by atoms with Crippen LogP contribution in [0.3, 0.4) is 0 Å². The van der Waals surface area contributed by atoms with Gasteiger partial charge >= 0.3 is 11.9 Å². The summed E-state index contributed by atoms with van der Waals surface area (Å²) in [4.78, 5) is 32.9. The highest BCUT2D eigenvalue weighted by molar-refractivity contribution is 6.31. The van der Waals surface area contributed by atoms with Crippen molar-refractivity contribution in [2.24, 2.45) is 0 Å². The molecule has 0 aromatic heterocycles. The Kier molecular flexibility index (Phi) is 5.99. The van der Waals surface area contributed by atoms with Gasteiger partial charge in [0.25, 0.3) is 0 Å². The Balaban J connectivity index is 2.52. The normalized spacial score (nSPS) is 11.7. The number of nitrogens with one attached hydrogen (secondary N) is 1. The Labute approximate surface area is 120 Å². The summed E-state index contributed by atoms with van der Waals surface area (Å²) in [5, 5.41) is 20.1. The number of hydrogen-bond donors (Lipinski definition) is 3. The number of aliphatic carboxylic acids is 2. The topological polar surface area (TPSA) is 104 Å². The van der Waals surface area contributed by atoms with Crippen molar-refractivity contribution >= 4 is 29.4 Å². The van der Waals surface area contributed by atoms with Gasteiger partial charge < -0.3 is 15.5 Å². The Morgan fingerprint density at radius 1 is 1.20 bits per heavy atom. The zero-order valence-corrected chi connectivity index (χ0v) is 11.3. The monoisotopic (exact) mass is 299 g/mol. The Hall–Kier alpha value is -2.08. The number of carbonyl (C=O) groups is 3. The van der Waals surface area contributed by atoms with Gasteiger partial charge in [0.1, 0.15) is 6.04 Å². The second-order valence-electron chi connectivity index (χ2n) is 4.15. The van der Waals surface area contributed by atoms with Gasteiger partial charge in [-0.25, -0.2) is 4.79 Å². The maximum absolute atomic E-state index is 11.6. The molecule has 6 nitrogen and oxygen atoms in total. The number of carboxylic acids is 2. The van der Waals surface area contributed by atoms with Crippen LogP contribution in [0, 0.1) is 0 Å². The molecule has 20 heavy (non-hydrogen) atoms. The van der Waals surface area contributed by atoms with E-state index in [1.54, 1.807) is 24.3 Å². The summed E-state index contributed by atoms with van der Waals surface area (Å²) < 4.78 is 0. The van der Waals surface area contributed by atoms with E-state index in [4.69, 9.17) is 21.8 Å². The number of rotatable bonds is 7. The average Bonchev–Trinajstić information content (AvgIpc) is 2.36. The van der Waals surface area contributed by atoms with Crippen molar-refractivity contribution in [1.29, 1.82) is 0 Å². The molecular formula is C13H14ClNO5. The minimum absolute atomic E-state index is 0.0349. The number of carbonyl (C=O) groups excluding carboxylic acids is 1. The molecular weight excluding hydrogens is 286 g/mol. The van der Waals surface area contributed by atoms with Gasteiger partial charge in [-0.1, -0.05) is 29.8 Å². The first-order chi connectivity index (χ1) is 9.40. The van der Waals surface area contributed by atoms with Crippen LogP contribution in [0.4, 0.5) is 0 Å². The number of aryl methyl sites for hydroxylation is 1. The Morgan fingerprint density at radius 3 is 2.40 bits per heavy atom. The molecule has 0 spiro atoms. The van der Waals surface area contributed by atoms with Gasteiger partial charge in [-0.2, -0.15) is 0 Å². The van der Waals surface area contributed by atoms with Crippen LogP contribution in [0.25, 0.3) is 0 Å².